The van der Waals surface area contributed by atoms with Crippen LogP contribution in [0.3, 0.4) is 0 Å². The normalized spacial score (nSPS) is 25.1. The topological polar surface area (TPSA) is 68.8 Å². The van der Waals surface area contributed by atoms with Crippen LogP contribution in [0.1, 0.15) is 37.8 Å². The average Bonchev–Trinajstić information content (AvgIpc) is 3.25. The molecule has 1 atom stereocenters. The summed E-state index contributed by atoms with van der Waals surface area (Å²) in [7, 11) is 0. The third-order valence-electron chi connectivity index (χ3n) is 6.37. The molecule has 0 aromatic carbocycles. The number of pyridine rings is 1. The second-order valence-electron chi connectivity index (χ2n) is 8.17. The summed E-state index contributed by atoms with van der Waals surface area (Å²) in [5, 5.41) is 2.96. The molecule has 1 aromatic rings. The van der Waals surface area contributed by atoms with E-state index in [1.165, 1.54) is 12.8 Å². The van der Waals surface area contributed by atoms with Gasteiger partial charge in [0.1, 0.15) is 0 Å². The number of aromatic nitrogens is 1. The number of nitrogens with one attached hydrogen (secondary N) is 1. The number of piperazine rings is 2. The first kappa shape index (κ1) is 19.3. The Morgan fingerprint density at radius 3 is 2.61 bits per heavy atom. The van der Waals surface area contributed by atoms with E-state index < -0.39 is 0 Å². The van der Waals surface area contributed by atoms with Crippen molar-refractivity contribution in [2.75, 3.05) is 39.3 Å². The largest absolute Gasteiger partial charge is 0.353 e. The minimum absolute atomic E-state index is 0.0280. The summed E-state index contributed by atoms with van der Waals surface area (Å²) in [5.74, 6) is 0.142. The van der Waals surface area contributed by atoms with Crippen molar-refractivity contribution < 1.29 is 9.59 Å². The Hall–Kier alpha value is -1.99. The van der Waals surface area contributed by atoms with Crippen molar-refractivity contribution in [3.63, 3.8) is 0 Å². The van der Waals surface area contributed by atoms with Crippen LogP contribution in [0.2, 0.25) is 0 Å². The number of hydrogen-bond donors (Lipinski definition) is 1. The summed E-state index contributed by atoms with van der Waals surface area (Å²) < 4.78 is 0. The van der Waals surface area contributed by atoms with Gasteiger partial charge in [-0.15, -0.1) is 0 Å². The van der Waals surface area contributed by atoms with Crippen molar-refractivity contribution in [2.24, 2.45) is 0 Å². The van der Waals surface area contributed by atoms with Crippen LogP contribution < -0.4 is 5.32 Å². The van der Waals surface area contributed by atoms with E-state index in [9.17, 15) is 9.59 Å². The molecule has 152 valence electrons. The molecular weight excluding hydrogens is 354 g/mol. The summed E-state index contributed by atoms with van der Waals surface area (Å²) in [6.07, 6.45) is 6.92. The zero-order valence-electron chi connectivity index (χ0n) is 16.6. The molecule has 1 aliphatic carbocycles. The first-order valence-corrected chi connectivity index (χ1v) is 10.6. The molecule has 1 saturated carbocycles. The number of carbonyl (C=O) groups is 2. The maximum absolute atomic E-state index is 12.9. The fraction of sp³-hybridized carbons (Fsp3) is 0.667. The smallest absolute Gasteiger partial charge is 0.237 e. The van der Waals surface area contributed by atoms with E-state index in [4.69, 9.17) is 0 Å². The third-order valence-corrected chi connectivity index (χ3v) is 6.37. The predicted molar refractivity (Wildman–Crippen MR) is 106 cm³/mol. The zero-order chi connectivity index (χ0) is 19.3. The summed E-state index contributed by atoms with van der Waals surface area (Å²) in [6, 6.07) is 6.15. The molecule has 1 unspecified atom stereocenters. The van der Waals surface area contributed by atoms with Crippen molar-refractivity contribution in [1.82, 2.24) is 25.0 Å². The molecule has 7 nitrogen and oxygen atoms in total. The van der Waals surface area contributed by atoms with Crippen LogP contribution in [0.4, 0.5) is 0 Å². The van der Waals surface area contributed by atoms with Crippen molar-refractivity contribution in [3.05, 3.63) is 30.1 Å². The summed E-state index contributed by atoms with van der Waals surface area (Å²) in [6.45, 7) is 5.55. The molecule has 0 bridgehead atoms. The molecule has 2 amide bonds. The highest BCUT2D eigenvalue weighted by atomic mass is 16.2. The first-order valence-electron chi connectivity index (χ1n) is 10.6. The highest BCUT2D eigenvalue weighted by Gasteiger charge is 2.37. The third kappa shape index (κ3) is 4.52. The molecule has 4 rings (SSSR count). The van der Waals surface area contributed by atoms with Gasteiger partial charge < -0.3 is 10.2 Å². The van der Waals surface area contributed by atoms with Crippen molar-refractivity contribution in [2.45, 2.75) is 50.7 Å². The van der Waals surface area contributed by atoms with Crippen LogP contribution in [0.15, 0.2) is 24.4 Å². The SMILES string of the molecule is O=C1NCCN(C2CCCC2)C1CC(=O)N1CCN(Cc2ccccn2)CC1. The standard InChI is InChI=1S/C21H31N5O2/c27-20(15-19-21(28)23-9-10-26(19)18-6-1-2-7-18)25-13-11-24(12-14-25)16-17-5-3-4-8-22-17/h3-5,8,18-19H,1-2,6-7,9-16H2,(H,23,28). The van der Waals surface area contributed by atoms with E-state index in [0.29, 0.717) is 19.0 Å². The Kier molecular flexibility index (Phi) is 6.22. The van der Waals surface area contributed by atoms with Gasteiger partial charge in [0.05, 0.1) is 18.2 Å². The van der Waals surface area contributed by atoms with Crippen LogP contribution in [0.5, 0.6) is 0 Å². The lowest BCUT2D eigenvalue weighted by Gasteiger charge is -2.40. The maximum Gasteiger partial charge on any atom is 0.237 e. The van der Waals surface area contributed by atoms with Crippen LogP contribution in [-0.2, 0) is 16.1 Å². The number of rotatable bonds is 5. The second-order valence-corrected chi connectivity index (χ2v) is 8.17. The van der Waals surface area contributed by atoms with Gasteiger partial charge in [-0.2, -0.15) is 0 Å². The lowest BCUT2D eigenvalue weighted by atomic mass is 10.0. The Labute approximate surface area is 167 Å². The Balaban J connectivity index is 1.30. The molecule has 1 N–H and O–H groups in total. The Morgan fingerprint density at radius 2 is 1.89 bits per heavy atom. The van der Waals surface area contributed by atoms with E-state index in [2.05, 4.69) is 20.1 Å². The molecule has 3 aliphatic rings. The Morgan fingerprint density at radius 1 is 1.11 bits per heavy atom. The van der Waals surface area contributed by atoms with Gasteiger partial charge in [0.25, 0.3) is 0 Å². The lowest BCUT2D eigenvalue weighted by Crippen LogP contribution is -2.59. The van der Waals surface area contributed by atoms with Crippen molar-refractivity contribution in [3.8, 4) is 0 Å². The molecular formula is C21H31N5O2. The number of nitrogens with zero attached hydrogens (tertiary/aromatic N) is 4. The highest BCUT2D eigenvalue weighted by Crippen LogP contribution is 2.27. The van der Waals surface area contributed by atoms with Gasteiger partial charge >= 0.3 is 0 Å². The van der Waals surface area contributed by atoms with Crippen molar-refractivity contribution >= 4 is 11.8 Å². The van der Waals surface area contributed by atoms with Gasteiger partial charge in [-0.05, 0) is 25.0 Å². The number of amides is 2. The van der Waals surface area contributed by atoms with E-state index >= 15 is 0 Å². The first-order chi connectivity index (χ1) is 13.7. The molecule has 0 spiro atoms. The van der Waals surface area contributed by atoms with E-state index in [1.54, 1.807) is 0 Å². The van der Waals surface area contributed by atoms with E-state index in [1.807, 2.05) is 29.3 Å². The van der Waals surface area contributed by atoms with Gasteiger partial charge in [0.2, 0.25) is 11.8 Å². The number of hydrogen-bond acceptors (Lipinski definition) is 5. The quantitative estimate of drug-likeness (QED) is 0.814. The molecule has 3 fully saturated rings. The lowest BCUT2D eigenvalue weighted by molar-refractivity contribution is -0.141. The van der Waals surface area contributed by atoms with Crippen molar-refractivity contribution in [1.29, 1.82) is 0 Å². The Bertz CT molecular complexity index is 669. The van der Waals surface area contributed by atoms with Gasteiger partial charge in [0, 0.05) is 58.1 Å². The summed E-state index contributed by atoms with van der Waals surface area (Å²) in [5.41, 5.74) is 1.06. The van der Waals surface area contributed by atoms with Gasteiger partial charge in [-0.3, -0.25) is 24.4 Å². The molecule has 0 radical (unpaired) electrons. The number of carbonyl (C=O) groups excluding carboxylic acids is 2. The predicted octanol–water partition coefficient (Wildman–Crippen LogP) is 0.859. The molecule has 28 heavy (non-hydrogen) atoms. The van der Waals surface area contributed by atoms with E-state index in [-0.39, 0.29) is 17.9 Å². The van der Waals surface area contributed by atoms with Gasteiger partial charge in [0.15, 0.2) is 0 Å². The van der Waals surface area contributed by atoms with Crippen LogP contribution in [-0.4, -0.2) is 82.9 Å². The van der Waals surface area contributed by atoms with Gasteiger partial charge in [-0.1, -0.05) is 18.9 Å². The molecule has 2 aliphatic heterocycles. The van der Waals surface area contributed by atoms with Crippen LogP contribution >= 0.6 is 0 Å². The fourth-order valence-electron chi connectivity index (χ4n) is 4.79. The zero-order valence-corrected chi connectivity index (χ0v) is 16.6. The monoisotopic (exact) mass is 385 g/mol. The summed E-state index contributed by atoms with van der Waals surface area (Å²) >= 11 is 0. The minimum Gasteiger partial charge on any atom is -0.353 e. The van der Waals surface area contributed by atoms with Crippen LogP contribution in [0.25, 0.3) is 0 Å². The van der Waals surface area contributed by atoms with E-state index in [0.717, 1.165) is 57.8 Å². The minimum atomic E-state index is -0.295. The molecule has 1 aromatic heterocycles. The molecule has 2 saturated heterocycles. The summed E-state index contributed by atoms with van der Waals surface area (Å²) in [4.78, 5) is 36.4. The maximum atomic E-state index is 12.9. The average molecular weight is 386 g/mol. The second kappa shape index (κ2) is 9.01. The fourth-order valence-corrected chi connectivity index (χ4v) is 4.79. The van der Waals surface area contributed by atoms with Crippen LogP contribution in [0, 0.1) is 0 Å². The highest BCUT2D eigenvalue weighted by molar-refractivity contribution is 5.89. The molecule has 3 heterocycles. The van der Waals surface area contributed by atoms with Gasteiger partial charge in [-0.25, -0.2) is 0 Å². The molecule has 7 heteroatoms.